The summed E-state index contributed by atoms with van der Waals surface area (Å²) in [5.74, 6) is -0.265. The Kier molecular flexibility index (Phi) is 6.66. The molecule has 8 heteroatoms. The Morgan fingerprint density at radius 1 is 1.03 bits per heavy atom. The summed E-state index contributed by atoms with van der Waals surface area (Å²) in [6.45, 7) is 4.25. The number of carbonyl (C=O) groups is 3. The van der Waals surface area contributed by atoms with Crippen molar-refractivity contribution >= 4 is 17.8 Å². The lowest BCUT2D eigenvalue weighted by Gasteiger charge is -2.51. The van der Waals surface area contributed by atoms with Gasteiger partial charge >= 0.3 is 5.97 Å². The van der Waals surface area contributed by atoms with E-state index >= 15 is 0 Å². The molecule has 1 saturated heterocycles. The molecule has 3 heterocycles. The molecule has 0 bridgehead atoms. The van der Waals surface area contributed by atoms with Crippen LogP contribution >= 0.6 is 0 Å². The number of hydrogen-bond donors (Lipinski definition) is 0. The number of hydrogen-bond acceptors (Lipinski definition) is 6. The van der Waals surface area contributed by atoms with Crippen molar-refractivity contribution in [3.05, 3.63) is 35.4 Å². The smallest absolute Gasteiger partial charge is 0.345 e. The van der Waals surface area contributed by atoms with Gasteiger partial charge in [-0.1, -0.05) is 25.7 Å². The lowest BCUT2D eigenvalue weighted by Crippen LogP contribution is -2.59. The Morgan fingerprint density at radius 2 is 1.74 bits per heavy atom. The second kappa shape index (κ2) is 9.84. The first-order valence-corrected chi connectivity index (χ1v) is 12.9. The number of piperazine rings is 1. The van der Waals surface area contributed by atoms with Gasteiger partial charge in [0.15, 0.2) is 5.76 Å². The van der Waals surface area contributed by atoms with E-state index in [2.05, 4.69) is 9.80 Å². The van der Waals surface area contributed by atoms with Gasteiger partial charge in [-0.3, -0.25) is 9.59 Å². The second-order valence-corrected chi connectivity index (χ2v) is 9.85. The fourth-order valence-electron chi connectivity index (χ4n) is 6.45. The number of carbonyl (C=O) groups excluding carboxylic acids is 3. The number of ether oxygens (including phenoxy) is 1. The SMILES string of the molecule is CCOC(=O)C1=C(N2CCN(C(=O)c3ccco3)CC2)C2CCCCC2N(C2CCCC2)C1=O. The number of furan rings is 1. The van der Waals surface area contributed by atoms with Gasteiger partial charge in [-0.05, 0) is 44.7 Å². The summed E-state index contributed by atoms with van der Waals surface area (Å²) in [6.07, 6.45) is 10.0. The van der Waals surface area contributed by atoms with Crippen molar-refractivity contribution in [3.63, 3.8) is 0 Å². The third-order valence-corrected chi connectivity index (χ3v) is 7.98. The zero-order valence-electron chi connectivity index (χ0n) is 20.0. The first-order valence-electron chi connectivity index (χ1n) is 12.9. The van der Waals surface area contributed by atoms with Crippen molar-refractivity contribution in [2.75, 3.05) is 32.8 Å². The quantitative estimate of drug-likeness (QED) is 0.487. The van der Waals surface area contributed by atoms with Gasteiger partial charge in [-0.25, -0.2) is 4.79 Å². The Bertz CT molecular complexity index is 942. The summed E-state index contributed by atoms with van der Waals surface area (Å²) in [4.78, 5) is 45.9. The van der Waals surface area contributed by atoms with Crippen molar-refractivity contribution < 1.29 is 23.5 Å². The summed E-state index contributed by atoms with van der Waals surface area (Å²) >= 11 is 0. The predicted octanol–water partition coefficient (Wildman–Crippen LogP) is 3.20. The maximum atomic E-state index is 13.9. The standard InChI is InChI=1S/C26H35N3O5/c1-2-33-26(32)22-23(27-13-15-28(16-14-27)24(30)21-12-7-17-34-21)19-10-5-6-11-20(19)29(25(22)31)18-8-3-4-9-18/h7,12,17-20H,2-6,8-11,13-16H2,1H3. The van der Waals surface area contributed by atoms with Gasteiger partial charge in [0.2, 0.25) is 0 Å². The third-order valence-electron chi connectivity index (χ3n) is 7.98. The number of esters is 1. The van der Waals surface area contributed by atoms with Crippen LogP contribution < -0.4 is 0 Å². The van der Waals surface area contributed by atoms with Crippen molar-refractivity contribution in [1.82, 2.24) is 14.7 Å². The van der Waals surface area contributed by atoms with Crippen molar-refractivity contribution in [1.29, 1.82) is 0 Å². The molecular formula is C26H35N3O5. The fraction of sp³-hybridized carbons (Fsp3) is 0.654. The van der Waals surface area contributed by atoms with Gasteiger partial charge in [-0.15, -0.1) is 0 Å². The largest absolute Gasteiger partial charge is 0.462 e. The summed E-state index contributed by atoms with van der Waals surface area (Å²) in [7, 11) is 0. The summed E-state index contributed by atoms with van der Waals surface area (Å²) in [5.41, 5.74) is 1.11. The minimum atomic E-state index is -0.497. The van der Waals surface area contributed by atoms with E-state index in [1.54, 1.807) is 24.0 Å². The van der Waals surface area contributed by atoms with Crippen LogP contribution in [0.3, 0.4) is 0 Å². The van der Waals surface area contributed by atoms with Crippen molar-refractivity contribution in [3.8, 4) is 0 Å². The molecule has 4 aliphatic rings. The number of rotatable bonds is 5. The zero-order chi connectivity index (χ0) is 23.7. The van der Waals surface area contributed by atoms with E-state index in [1.165, 1.54) is 6.26 Å². The highest BCUT2D eigenvalue weighted by atomic mass is 16.5. The molecule has 2 amide bonds. The van der Waals surface area contributed by atoms with Gasteiger partial charge in [0.25, 0.3) is 11.8 Å². The normalized spacial score (nSPS) is 26.1. The zero-order valence-corrected chi connectivity index (χ0v) is 20.0. The molecule has 2 aliphatic heterocycles. The molecule has 0 spiro atoms. The number of amides is 2. The molecule has 184 valence electrons. The molecule has 0 radical (unpaired) electrons. The van der Waals surface area contributed by atoms with Crippen LogP contribution in [-0.4, -0.2) is 77.4 Å². The van der Waals surface area contributed by atoms with Crippen LogP contribution in [0.4, 0.5) is 0 Å². The average molecular weight is 470 g/mol. The molecule has 2 unspecified atom stereocenters. The summed E-state index contributed by atoms with van der Waals surface area (Å²) in [5, 5.41) is 0. The van der Waals surface area contributed by atoms with E-state index in [-0.39, 0.29) is 42.0 Å². The van der Waals surface area contributed by atoms with Crippen LogP contribution in [0, 0.1) is 5.92 Å². The molecule has 2 aliphatic carbocycles. The average Bonchev–Trinajstić information content (AvgIpc) is 3.58. The molecule has 34 heavy (non-hydrogen) atoms. The minimum absolute atomic E-state index is 0.119. The Morgan fingerprint density at radius 3 is 2.41 bits per heavy atom. The van der Waals surface area contributed by atoms with E-state index in [0.29, 0.717) is 31.9 Å². The van der Waals surface area contributed by atoms with Crippen LogP contribution in [0.5, 0.6) is 0 Å². The molecule has 8 nitrogen and oxygen atoms in total. The van der Waals surface area contributed by atoms with Crippen LogP contribution in [0.25, 0.3) is 0 Å². The van der Waals surface area contributed by atoms with E-state index in [4.69, 9.17) is 9.15 Å². The first kappa shape index (κ1) is 23.0. The van der Waals surface area contributed by atoms with Gasteiger partial charge in [0.05, 0.1) is 12.9 Å². The maximum absolute atomic E-state index is 13.9. The van der Waals surface area contributed by atoms with Crippen LogP contribution in [0.15, 0.2) is 34.1 Å². The van der Waals surface area contributed by atoms with Gasteiger partial charge in [-0.2, -0.15) is 0 Å². The molecule has 5 rings (SSSR count). The summed E-state index contributed by atoms with van der Waals surface area (Å²) < 4.78 is 10.7. The second-order valence-electron chi connectivity index (χ2n) is 9.85. The van der Waals surface area contributed by atoms with E-state index in [9.17, 15) is 14.4 Å². The monoisotopic (exact) mass is 469 g/mol. The highest BCUT2D eigenvalue weighted by Gasteiger charge is 2.49. The van der Waals surface area contributed by atoms with E-state index < -0.39 is 5.97 Å². The van der Waals surface area contributed by atoms with Crippen LogP contribution in [0.1, 0.15) is 68.8 Å². The Labute approximate surface area is 200 Å². The molecule has 3 fully saturated rings. The molecular weight excluding hydrogens is 434 g/mol. The lowest BCUT2D eigenvalue weighted by molar-refractivity contribution is -0.146. The summed E-state index contributed by atoms with van der Waals surface area (Å²) in [6, 6.07) is 3.78. The lowest BCUT2D eigenvalue weighted by atomic mass is 9.75. The van der Waals surface area contributed by atoms with Gasteiger partial charge in [0, 0.05) is 49.9 Å². The van der Waals surface area contributed by atoms with E-state index in [0.717, 1.165) is 57.1 Å². The number of nitrogens with zero attached hydrogens (tertiary/aromatic N) is 3. The predicted molar refractivity (Wildman–Crippen MR) is 125 cm³/mol. The molecule has 0 aromatic carbocycles. The molecule has 2 atom stereocenters. The molecule has 1 aromatic rings. The van der Waals surface area contributed by atoms with Crippen LogP contribution in [-0.2, 0) is 14.3 Å². The number of fused-ring (bicyclic) bond motifs is 1. The third kappa shape index (κ3) is 4.12. The highest BCUT2D eigenvalue weighted by molar-refractivity contribution is 6.17. The van der Waals surface area contributed by atoms with Crippen molar-refractivity contribution in [2.45, 2.75) is 70.4 Å². The molecule has 0 N–H and O–H groups in total. The molecule has 2 saturated carbocycles. The molecule has 1 aromatic heterocycles. The van der Waals surface area contributed by atoms with Gasteiger partial charge in [0.1, 0.15) is 5.57 Å². The minimum Gasteiger partial charge on any atom is -0.462 e. The van der Waals surface area contributed by atoms with Crippen LogP contribution in [0.2, 0.25) is 0 Å². The van der Waals surface area contributed by atoms with Gasteiger partial charge < -0.3 is 23.9 Å². The van der Waals surface area contributed by atoms with E-state index in [1.807, 2.05) is 0 Å². The Hall–Kier alpha value is -2.77. The fourth-order valence-corrected chi connectivity index (χ4v) is 6.45. The topological polar surface area (TPSA) is 83.3 Å². The first-order chi connectivity index (χ1) is 16.6. The maximum Gasteiger partial charge on any atom is 0.345 e. The highest BCUT2D eigenvalue weighted by Crippen LogP contribution is 2.44. The Balaban J connectivity index is 1.45. The van der Waals surface area contributed by atoms with Crippen molar-refractivity contribution in [2.24, 2.45) is 5.92 Å².